The molecule has 0 spiro atoms. The van der Waals surface area contributed by atoms with E-state index in [1.54, 1.807) is 16.7 Å². The lowest BCUT2D eigenvalue weighted by Crippen LogP contribution is -1.91. The highest BCUT2D eigenvalue weighted by molar-refractivity contribution is 6.36. The van der Waals surface area contributed by atoms with Crippen molar-refractivity contribution in [2.75, 3.05) is 0 Å². The molecule has 0 atom stereocenters. The maximum absolute atomic E-state index is 10.3. The summed E-state index contributed by atoms with van der Waals surface area (Å²) in [7, 11) is 0. The Balaban J connectivity index is 2.30. The van der Waals surface area contributed by atoms with Crippen LogP contribution in [0.1, 0.15) is 17.7 Å². The Morgan fingerprint density at radius 1 is 1.16 bits per heavy atom. The summed E-state index contributed by atoms with van der Waals surface area (Å²) in [5, 5.41) is 21.6. The minimum atomic E-state index is 0.0809. The van der Waals surface area contributed by atoms with Gasteiger partial charge < -0.3 is 14.8 Å². The fraction of sp³-hybridized carbons (Fsp3) is 0.286. The van der Waals surface area contributed by atoms with Crippen molar-refractivity contribution in [2.45, 2.75) is 26.3 Å². The lowest BCUT2D eigenvalue weighted by Gasteiger charge is -2.10. The fourth-order valence-corrected chi connectivity index (χ4v) is 3.48. The summed E-state index contributed by atoms with van der Waals surface area (Å²) < 4.78 is 1.75. The topological polar surface area (TPSA) is 45.4 Å². The number of fused-ring (bicyclic) bond motifs is 1. The summed E-state index contributed by atoms with van der Waals surface area (Å²) in [6.07, 6.45) is 1.70. The predicted molar refractivity (Wildman–Crippen MR) is 76.3 cm³/mol. The zero-order valence-corrected chi connectivity index (χ0v) is 11.9. The van der Waals surface area contributed by atoms with Gasteiger partial charge in [-0.15, -0.1) is 0 Å². The standard InChI is InChI=1S/C14H13Cl2NO2/c1-7-5-8(15)6-9(16)11(7)12-13(18)10-3-2-4-17(10)14(12)19/h5-6,18-19H,2-4H2,1H3. The average molecular weight is 298 g/mol. The number of aromatic nitrogens is 1. The van der Waals surface area contributed by atoms with Crippen LogP contribution in [-0.2, 0) is 13.0 Å². The first-order valence-corrected chi connectivity index (χ1v) is 6.85. The first-order valence-electron chi connectivity index (χ1n) is 6.10. The van der Waals surface area contributed by atoms with E-state index in [0.29, 0.717) is 21.2 Å². The molecule has 0 fully saturated rings. The Labute approximate surface area is 121 Å². The Kier molecular flexibility index (Phi) is 2.91. The second-order valence-electron chi connectivity index (χ2n) is 4.83. The van der Waals surface area contributed by atoms with E-state index in [4.69, 9.17) is 23.2 Å². The van der Waals surface area contributed by atoms with Crippen LogP contribution in [0.5, 0.6) is 11.6 Å². The third-order valence-electron chi connectivity index (χ3n) is 3.61. The minimum Gasteiger partial charge on any atom is -0.505 e. The van der Waals surface area contributed by atoms with Gasteiger partial charge in [-0.25, -0.2) is 0 Å². The largest absolute Gasteiger partial charge is 0.505 e. The number of aromatic hydroxyl groups is 2. The van der Waals surface area contributed by atoms with Crippen LogP contribution >= 0.6 is 23.2 Å². The van der Waals surface area contributed by atoms with Crippen LogP contribution in [0.15, 0.2) is 12.1 Å². The Morgan fingerprint density at radius 3 is 2.53 bits per heavy atom. The molecule has 0 bridgehead atoms. The maximum Gasteiger partial charge on any atom is 0.203 e. The maximum atomic E-state index is 10.3. The number of halogens is 2. The van der Waals surface area contributed by atoms with Crippen molar-refractivity contribution in [3.8, 4) is 22.8 Å². The lowest BCUT2D eigenvalue weighted by atomic mass is 10.0. The van der Waals surface area contributed by atoms with Gasteiger partial charge >= 0.3 is 0 Å². The van der Waals surface area contributed by atoms with Gasteiger partial charge in [0.1, 0.15) is 5.75 Å². The van der Waals surface area contributed by atoms with Gasteiger partial charge in [0.05, 0.1) is 16.3 Å². The summed E-state index contributed by atoms with van der Waals surface area (Å²) in [4.78, 5) is 0. The van der Waals surface area contributed by atoms with Crippen LogP contribution in [0.4, 0.5) is 0 Å². The van der Waals surface area contributed by atoms with E-state index >= 15 is 0 Å². The molecule has 2 N–H and O–H groups in total. The number of benzene rings is 1. The smallest absolute Gasteiger partial charge is 0.203 e. The van der Waals surface area contributed by atoms with E-state index in [1.807, 2.05) is 6.92 Å². The number of hydrogen-bond acceptors (Lipinski definition) is 2. The van der Waals surface area contributed by atoms with Crippen LogP contribution < -0.4 is 0 Å². The molecule has 0 radical (unpaired) electrons. The summed E-state index contributed by atoms with van der Waals surface area (Å²) in [5.41, 5.74) is 2.65. The van der Waals surface area contributed by atoms with E-state index < -0.39 is 0 Å². The molecule has 2 heterocycles. The summed E-state index contributed by atoms with van der Waals surface area (Å²) in [6, 6.07) is 3.39. The van der Waals surface area contributed by atoms with E-state index in [0.717, 1.165) is 30.6 Å². The molecular weight excluding hydrogens is 285 g/mol. The van der Waals surface area contributed by atoms with Crippen molar-refractivity contribution in [1.29, 1.82) is 0 Å². The van der Waals surface area contributed by atoms with Gasteiger partial charge in [-0.2, -0.15) is 0 Å². The number of nitrogens with zero attached hydrogens (tertiary/aromatic N) is 1. The van der Waals surface area contributed by atoms with E-state index in [2.05, 4.69) is 0 Å². The van der Waals surface area contributed by atoms with Gasteiger partial charge in [-0.1, -0.05) is 23.2 Å². The Hall–Kier alpha value is -1.32. The molecule has 100 valence electrons. The van der Waals surface area contributed by atoms with Gasteiger partial charge in [-0.3, -0.25) is 0 Å². The number of hydrogen-bond donors (Lipinski definition) is 2. The quantitative estimate of drug-likeness (QED) is 0.831. The summed E-state index contributed by atoms with van der Waals surface area (Å²) in [6.45, 7) is 2.58. The molecule has 2 aromatic rings. The summed E-state index contributed by atoms with van der Waals surface area (Å²) in [5.74, 6) is 0.208. The fourth-order valence-electron chi connectivity index (χ4n) is 2.79. The van der Waals surface area contributed by atoms with Crippen molar-refractivity contribution < 1.29 is 10.2 Å². The van der Waals surface area contributed by atoms with E-state index in [-0.39, 0.29) is 11.6 Å². The number of rotatable bonds is 1. The molecule has 19 heavy (non-hydrogen) atoms. The molecular formula is C14H13Cl2NO2. The molecule has 0 saturated heterocycles. The zero-order chi connectivity index (χ0) is 13.7. The molecule has 0 unspecified atom stereocenters. The zero-order valence-electron chi connectivity index (χ0n) is 10.4. The van der Waals surface area contributed by atoms with Crippen molar-refractivity contribution >= 4 is 23.2 Å². The molecule has 1 aliphatic rings. The summed E-state index contributed by atoms with van der Waals surface area (Å²) >= 11 is 12.2. The normalized spacial score (nSPS) is 13.8. The molecule has 3 nitrogen and oxygen atoms in total. The van der Waals surface area contributed by atoms with Crippen molar-refractivity contribution in [3.63, 3.8) is 0 Å². The first-order chi connectivity index (χ1) is 9.00. The highest BCUT2D eigenvalue weighted by atomic mass is 35.5. The Morgan fingerprint density at radius 2 is 1.89 bits per heavy atom. The average Bonchev–Trinajstić information content (AvgIpc) is 2.87. The third-order valence-corrected chi connectivity index (χ3v) is 4.13. The molecule has 5 heteroatoms. The van der Waals surface area contributed by atoms with Gasteiger partial charge in [0.2, 0.25) is 5.88 Å². The molecule has 1 aromatic heterocycles. The number of aryl methyl sites for hydroxylation is 1. The molecule has 0 saturated carbocycles. The molecule has 1 aliphatic heterocycles. The van der Waals surface area contributed by atoms with E-state index in [1.165, 1.54) is 0 Å². The van der Waals surface area contributed by atoms with Crippen LogP contribution in [0.25, 0.3) is 11.1 Å². The van der Waals surface area contributed by atoms with Gasteiger partial charge in [0, 0.05) is 17.1 Å². The highest BCUT2D eigenvalue weighted by Gasteiger charge is 2.28. The van der Waals surface area contributed by atoms with Gasteiger partial charge in [0.15, 0.2) is 0 Å². The van der Waals surface area contributed by atoms with Crippen molar-refractivity contribution in [2.24, 2.45) is 0 Å². The lowest BCUT2D eigenvalue weighted by molar-refractivity contribution is 0.424. The van der Waals surface area contributed by atoms with Crippen LogP contribution in [0.3, 0.4) is 0 Å². The van der Waals surface area contributed by atoms with Crippen molar-refractivity contribution in [1.82, 2.24) is 4.57 Å². The van der Waals surface area contributed by atoms with Crippen LogP contribution in [-0.4, -0.2) is 14.8 Å². The van der Waals surface area contributed by atoms with Gasteiger partial charge in [0.25, 0.3) is 0 Å². The molecule has 3 rings (SSSR count). The first kappa shape index (κ1) is 12.7. The monoisotopic (exact) mass is 297 g/mol. The third kappa shape index (κ3) is 1.80. The van der Waals surface area contributed by atoms with E-state index in [9.17, 15) is 10.2 Å². The Bertz CT molecular complexity index is 626. The minimum absolute atomic E-state index is 0.0809. The predicted octanol–water partition coefficient (Wildman–Crippen LogP) is 4.13. The van der Waals surface area contributed by atoms with Gasteiger partial charge in [-0.05, 0) is 37.5 Å². The van der Waals surface area contributed by atoms with Crippen LogP contribution in [0.2, 0.25) is 10.0 Å². The molecule has 1 aromatic carbocycles. The molecule has 0 amide bonds. The molecule has 0 aliphatic carbocycles. The highest BCUT2D eigenvalue weighted by Crippen LogP contribution is 2.48. The SMILES string of the molecule is Cc1cc(Cl)cc(Cl)c1-c1c(O)c2n(c1O)CCC2. The second-order valence-corrected chi connectivity index (χ2v) is 5.67. The van der Waals surface area contributed by atoms with Crippen LogP contribution in [0, 0.1) is 6.92 Å². The van der Waals surface area contributed by atoms with Crippen molar-refractivity contribution in [3.05, 3.63) is 33.4 Å². The second kappa shape index (κ2) is 4.36.